The lowest BCUT2D eigenvalue weighted by atomic mass is 10.1. The van der Waals surface area contributed by atoms with Crippen LogP contribution in [0.2, 0.25) is 0 Å². The Hall–Kier alpha value is -0.460. The summed E-state index contributed by atoms with van der Waals surface area (Å²) in [5.41, 5.74) is 0. The van der Waals surface area contributed by atoms with Gasteiger partial charge < -0.3 is 4.74 Å². The lowest BCUT2D eigenvalue weighted by Crippen LogP contribution is -2.02. The van der Waals surface area contributed by atoms with E-state index in [0.29, 0.717) is 6.10 Å². The van der Waals surface area contributed by atoms with Gasteiger partial charge in [-0.25, -0.2) is 0 Å². The minimum absolute atomic E-state index is 0.351. The fourth-order valence-corrected chi connectivity index (χ4v) is 1.09. The van der Waals surface area contributed by atoms with Gasteiger partial charge in [0.25, 0.3) is 0 Å². The molecule has 0 aromatic rings. The Balaban J connectivity index is 3.03. The number of hydrogen-bond acceptors (Lipinski definition) is 1. The number of ether oxygens (including phenoxy) is 1. The van der Waals surface area contributed by atoms with Crippen molar-refractivity contribution >= 4 is 0 Å². The van der Waals surface area contributed by atoms with E-state index in [1.165, 1.54) is 31.9 Å². The van der Waals surface area contributed by atoms with Gasteiger partial charge in [-0.3, -0.25) is 0 Å². The van der Waals surface area contributed by atoms with Crippen molar-refractivity contribution in [2.75, 3.05) is 0 Å². The van der Waals surface area contributed by atoms with Gasteiger partial charge in [-0.2, -0.15) is 0 Å². The first-order valence-corrected chi connectivity index (χ1v) is 4.57. The van der Waals surface area contributed by atoms with Gasteiger partial charge in [0.15, 0.2) is 0 Å². The Labute approximate surface area is 70.4 Å². The highest BCUT2D eigenvalue weighted by Crippen LogP contribution is 2.07. The zero-order valence-electron chi connectivity index (χ0n) is 7.81. The first-order valence-electron chi connectivity index (χ1n) is 4.57. The molecule has 0 amide bonds. The van der Waals surface area contributed by atoms with Crippen molar-refractivity contribution < 1.29 is 4.74 Å². The molecule has 0 spiro atoms. The molecule has 0 bridgehead atoms. The second-order valence-corrected chi connectivity index (χ2v) is 2.96. The van der Waals surface area contributed by atoms with E-state index in [9.17, 15) is 0 Å². The summed E-state index contributed by atoms with van der Waals surface area (Å²) in [6, 6.07) is 0. The van der Waals surface area contributed by atoms with Crippen LogP contribution in [0, 0.1) is 0 Å². The fourth-order valence-electron chi connectivity index (χ4n) is 1.09. The van der Waals surface area contributed by atoms with E-state index in [1.54, 1.807) is 0 Å². The van der Waals surface area contributed by atoms with Crippen molar-refractivity contribution in [2.45, 2.75) is 52.1 Å². The predicted molar refractivity (Wildman–Crippen MR) is 49.5 cm³/mol. The van der Waals surface area contributed by atoms with Crippen LogP contribution in [0.25, 0.3) is 0 Å². The molecule has 1 atom stereocenters. The molecule has 0 radical (unpaired) electrons. The summed E-state index contributed by atoms with van der Waals surface area (Å²) in [6.45, 7) is 7.84. The van der Waals surface area contributed by atoms with Gasteiger partial charge in [0.05, 0.1) is 12.4 Å². The smallest absolute Gasteiger partial charge is 0.0950 e. The van der Waals surface area contributed by atoms with E-state index in [0.717, 1.165) is 6.42 Å². The van der Waals surface area contributed by atoms with Crippen LogP contribution in [0.15, 0.2) is 12.8 Å². The van der Waals surface area contributed by atoms with Crippen LogP contribution in [0.3, 0.4) is 0 Å². The zero-order valence-corrected chi connectivity index (χ0v) is 7.81. The fraction of sp³-hybridized carbons (Fsp3) is 0.800. The van der Waals surface area contributed by atoms with Crippen LogP contribution >= 0.6 is 0 Å². The first kappa shape index (κ1) is 10.5. The van der Waals surface area contributed by atoms with Gasteiger partial charge in [-0.15, -0.1) is 0 Å². The number of hydrogen-bond donors (Lipinski definition) is 0. The van der Waals surface area contributed by atoms with E-state index in [1.807, 2.05) is 0 Å². The number of rotatable bonds is 7. The summed E-state index contributed by atoms with van der Waals surface area (Å²) in [5.74, 6) is 0. The van der Waals surface area contributed by atoms with Crippen LogP contribution in [-0.2, 0) is 4.74 Å². The van der Waals surface area contributed by atoms with Gasteiger partial charge in [-0.1, -0.05) is 32.8 Å². The van der Waals surface area contributed by atoms with Crippen molar-refractivity contribution in [1.29, 1.82) is 0 Å². The van der Waals surface area contributed by atoms with Crippen molar-refractivity contribution in [3.05, 3.63) is 12.8 Å². The molecule has 0 aliphatic rings. The first-order chi connectivity index (χ1) is 5.31. The van der Waals surface area contributed by atoms with E-state index in [4.69, 9.17) is 4.74 Å². The minimum atomic E-state index is 0.351. The Morgan fingerprint density at radius 3 is 2.64 bits per heavy atom. The molecule has 0 saturated heterocycles. The summed E-state index contributed by atoms with van der Waals surface area (Å²) in [5, 5.41) is 0. The maximum absolute atomic E-state index is 5.19. The molecule has 0 heterocycles. The summed E-state index contributed by atoms with van der Waals surface area (Å²) >= 11 is 0. The van der Waals surface area contributed by atoms with Gasteiger partial charge in [-0.05, 0) is 19.8 Å². The van der Waals surface area contributed by atoms with Gasteiger partial charge >= 0.3 is 0 Å². The molecule has 0 aliphatic heterocycles. The van der Waals surface area contributed by atoms with Crippen molar-refractivity contribution in [1.82, 2.24) is 0 Å². The maximum Gasteiger partial charge on any atom is 0.0950 e. The zero-order chi connectivity index (χ0) is 8.53. The monoisotopic (exact) mass is 156 g/mol. The van der Waals surface area contributed by atoms with Gasteiger partial charge in [0.1, 0.15) is 0 Å². The summed E-state index contributed by atoms with van der Waals surface area (Å²) in [7, 11) is 0. The number of unbranched alkanes of at least 4 members (excludes halogenated alkanes) is 3. The van der Waals surface area contributed by atoms with Gasteiger partial charge in [0, 0.05) is 0 Å². The Morgan fingerprint density at radius 1 is 1.36 bits per heavy atom. The van der Waals surface area contributed by atoms with E-state index in [2.05, 4.69) is 20.4 Å². The van der Waals surface area contributed by atoms with Gasteiger partial charge in [0.2, 0.25) is 0 Å². The Kier molecular flexibility index (Phi) is 7.33. The molecule has 66 valence electrons. The van der Waals surface area contributed by atoms with Crippen LogP contribution in [0.1, 0.15) is 46.0 Å². The quantitative estimate of drug-likeness (QED) is 0.405. The molecular formula is C10H20O. The average Bonchev–Trinajstić information content (AvgIpc) is 1.99. The molecule has 0 rings (SSSR count). The largest absolute Gasteiger partial charge is 0.499 e. The molecule has 0 aromatic carbocycles. The highest BCUT2D eigenvalue weighted by Gasteiger charge is 1.98. The maximum atomic E-state index is 5.19. The van der Waals surface area contributed by atoms with Crippen LogP contribution in [-0.4, -0.2) is 6.10 Å². The normalized spacial score (nSPS) is 12.5. The van der Waals surface area contributed by atoms with Crippen LogP contribution in [0.4, 0.5) is 0 Å². The second kappa shape index (κ2) is 7.64. The molecule has 0 aromatic heterocycles. The summed E-state index contributed by atoms with van der Waals surface area (Å²) in [4.78, 5) is 0. The standard InChI is InChI=1S/C10H20O/c1-4-6-7-8-9-10(3)11-5-2/h5,10H,2,4,6-9H2,1,3H3. The topological polar surface area (TPSA) is 9.23 Å². The molecule has 1 heteroatoms. The Morgan fingerprint density at radius 2 is 2.09 bits per heavy atom. The Bertz CT molecular complexity index is 88.9. The molecule has 0 saturated carbocycles. The minimum Gasteiger partial charge on any atom is -0.499 e. The third-order valence-corrected chi connectivity index (χ3v) is 1.79. The SMILES string of the molecule is C=COC(C)CCCCCC. The predicted octanol–water partition coefficient (Wildman–Crippen LogP) is 3.51. The molecule has 0 fully saturated rings. The van der Waals surface area contributed by atoms with E-state index >= 15 is 0 Å². The average molecular weight is 156 g/mol. The lowest BCUT2D eigenvalue weighted by Gasteiger charge is -2.09. The summed E-state index contributed by atoms with van der Waals surface area (Å²) in [6.07, 6.45) is 8.31. The van der Waals surface area contributed by atoms with Crippen LogP contribution < -0.4 is 0 Å². The van der Waals surface area contributed by atoms with Crippen molar-refractivity contribution in [3.63, 3.8) is 0 Å². The van der Waals surface area contributed by atoms with Crippen LogP contribution in [0.5, 0.6) is 0 Å². The molecule has 11 heavy (non-hydrogen) atoms. The summed E-state index contributed by atoms with van der Waals surface area (Å²) < 4.78 is 5.19. The molecular weight excluding hydrogens is 136 g/mol. The van der Waals surface area contributed by atoms with E-state index in [-0.39, 0.29) is 0 Å². The molecule has 0 aliphatic carbocycles. The second-order valence-electron chi connectivity index (χ2n) is 2.96. The molecule has 1 nitrogen and oxygen atoms in total. The third-order valence-electron chi connectivity index (χ3n) is 1.79. The highest BCUT2D eigenvalue weighted by molar-refractivity contribution is 4.57. The van der Waals surface area contributed by atoms with Crippen molar-refractivity contribution in [3.8, 4) is 0 Å². The van der Waals surface area contributed by atoms with E-state index < -0.39 is 0 Å². The molecule has 0 N–H and O–H groups in total. The third kappa shape index (κ3) is 7.44. The molecule has 1 unspecified atom stereocenters. The lowest BCUT2D eigenvalue weighted by molar-refractivity contribution is 0.150. The van der Waals surface area contributed by atoms with Crippen molar-refractivity contribution in [2.24, 2.45) is 0 Å². The highest BCUT2D eigenvalue weighted by atomic mass is 16.5.